The molecule has 1 aromatic carbocycles. The van der Waals surface area contributed by atoms with Crippen LogP contribution in [0.5, 0.6) is 0 Å². The molecule has 0 aromatic heterocycles. The van der Waals surface area contributed by atoms with Gasteiger partial charge in [-0.05, 0) is 43.5 Å². The fourth-order valence-corrected chi connectivity index (χ4v) is 2.20. The Labute approximate surface area is 108 Å². The Morgan fingerprint density at radius 2 is 2.06 bits per heavy atom. The summed E-state index contributed by atoms with van der Waals surface area (Å²) in [7, 11) is 0. The summed E-state index contributed by atoms with van der Waals surface area (Å²) in [5.74, 6) is 4.86. The van der Waals surface area contributed by atoms with Crippen molar-refractivity contribution in [1.82, 2.24) is 10.3 Å². The molecule has 1 saturated carbocycles. The predicted octanol–water partition coefficient (Wildman–Crippen LogP) is 1.66. The zero-order valence-corrected chi connectivity index (χ0v) is 10.9. The van der Waals surface area contributed by atoms with Crippen molar-refractivity contribution in [2.24, 2.45) is 5.84 Å². The van der Waals surface area contributed by atoms with Crippen LogP contribution in [0.3, 0.4) is 0 Å². The second-order valence-electron chi connectivity index (χ2n) is 4.87. The minimum Gasteiger partial charge on any atom is -0.296 e. The van der Waals surface area contributed by atoms with Crippen molar-refractivity contribution in [3.63, 3.8) is 0 Å². The average molecular weight is 247 g/mol. The van der Waals surface area contributed by atoms with Gasteiger partial charge in [0.25, 0.3) is 5.91 Å². The number of nitrogens with zero attached hydrogens (tertiary/aromatic N) is 1. The SMILES string of the molecule is CCCN(Cc1ccc(C(=O)NN)cc1)C1CC1. The highest BCUT2D eigenvalue weighted by molar-refractivity contribution is 5.93. The van der Waals surface area contributed by atoms with Gasteiger partial charge in [0.05, 0.1) is 0 Å². The number of hydrogen-bond acceptors (Lipinski definition) is 3. The standard InChI is InChI=1S/C14H21N3O/c1-2-9-17(13-7-8-13)10-11-3-5-12(6-4-11)14(18)16-15/h3-6,13H,2,7-10,15H2,1H3,(H,16,18). The lowest BCUT2D eigenvalue weighted by molar-refractivity contribution is 0.0953. The Morgan fingerprint density at radius 3 is 2.56 bits per heavy atom. The van der Waals surface area contributed by atoms with E-state index in [0.29, 0.717) is 5.56 Å². The normalized spacial score (nSPS) is 14.8. The summed E-state index contributed by atoms with van der Waals surface area (Å²) in [6, 6.07) is 8.45. The number of nitrogens with one attached hydrogen (secondary N) is 1. The maximum Gasteiger partial charge on any atom is 0.265 e. The van der Waals surface area contributed by atoms with Crippen LogP contribution >= 0.6 is 0 Å². The third-order valence-corrected chi connectivity index (χ3v) is 3.31. The van der Waals surface area contributed by atoms with Gasteiger partial charge in [-0.25, -0.2) is 5.84 Å². The van der Waals surface area contributed by atoms with Crippen LogP contribution in [0.1, 0.15) is 42.1 Å². The van der Waals surface area contributed by atoms with Crippen LogP contribution in [-0.2, 0) is 6.54 Å². The maximum atomic E-state index is 11.3. The predicted molar refractivity (Wildman–Crippen MR) is 71.8 cm³/mol. The second-order valence-corrected chi connectivity index (χ2v) is 4.87. The fraction of sp³-hybridized carbons (Fsp3) is 0.500. The van der Waals surface area contributed by atoms with Gasteiger partial charge in [0, 0.05) is 18.2 Å². The molecule has 2 rings (SSSR count). The van der Waals surface area contributed by atoms with E-state index >= 15 is 0 Å². The lowest BCUT2D eigenvalue weighted by atomic mass is 10.1. The van der Waals surface area contributed by atoms with Crippen LogP contribution in [0.25, 0.3) is 0 Å². The van der Waals surface area contributed by atoms with Gasteiger partial charge in [-0.1, -0.05) is 19.1 Å². The molecule has 1 aliphatic carbocycles. The number of carbonyl (C=O) groups excluding carboxylic acids is 1. The monoisotopic (exact) mass is 247 g/mol. The van der Waals surface area contributed by atoms with E-state index in [2.05, 4.69) is 17.2 Å². The van der Waals surface area contributed by atoms with Crippen LogP contribution in [-0.4, -0.2) is 23.4 Å². The molecule has 0 aliphatic heterocycles. The van der Waals surface area contributed by atoms with Gasteiger partial charge < -0.3 is 0 Å². The van der Waals surface area contributed by atoms with Gasteiger partial charge in [-0.3, -0.25) is 15.1 Å². The van der Waals surface area contributed by atoms with Gasteiger partial charge in [0.2, 0.25) is 0 Å². The number of hydrogen-bond donors (Lipinski definition) is 2. The van der Waals surface area contributed by atoms with Crippen molar-refractivity contribution in [2.45, 2.75) is 38.8 Å². The van der Waals surface area contributed by atoms with E-state index in [1.165, 1.54) is 24.8 Å². The molecule has 0 bridgehead atoms. The first-order chi connectivity index (χ1) is 8.74. The number of benzene rings is 1. The van der Waals surface area contributed by atoms with Crippen LogP contribution in [0.2, 0.25) is 0 Å². The molecule has 4 nitrogen and oxygen atoms in total. The van der Waals surface area contributed by atoms with E-state index in [4.69, 9.17) is 5.84 Å². The molecule has 1 fully saturated rings. The quantitative estimate of drug-likeness (QED) is 0.456. The van der Waals surface area contributed by atoms with E-state index < -0.39 is 0 Å². The summed E-state index contributed by atoms with van der Waals surface area (Å²) in [5, 5.41) is 0. The fourth-order valence-electron chi connectivity index (χ4n) is 2.20. The van der Waals surface area contributed by atoms with Crippen molar-refractivity contribution in [3.05, 3.63) is 35.4 Å². The first-order valence-corrected chi connectivity index (χ1v) is 6.58. The van der Waals surface area contributed by atoms with E-state index in [9.17, 15) is 4.79 Å². The smallest absolute Gasteiger partial charge is 0.265 e. The van der Waals surface area contributed by atoms with Crippen molar-refractivity contribution >= 4 is 5.91 Å². The van der Waals surface area contributed by atoms with Gasteiger partial charge >= 0.3 is 0 Å². The number of nitrogen functional groups attached to an aromatic ring is 1. The zero-order valence-electron chi connectivity index (χ0n) is 10.9. The molecule has 1 amide bonds. The minimum absolute atomic E-state index is 0.242. The molecule has 18 heavy (non-hydrogen) atoms. The van der Waals surface area contributed by atoms with Crippen molar-refractivity contribution in [1.29, 1.82) is 0 Å². The number of nitrogens with two attached hydrogens (primary N) is 1. The van der Waals surface area contributed by atoms with Crippen LogP contribution in [0.15, 0.2) is 24.3 Å². The Hall–Kier alpha value is -1.39. The Bertz CT molecular complexity index is 398. The summed E-state index contributed by atoms with van der Waals surface area (Å²) < 4.78 is 0. The topological polar surface area (TPSA) is 58.4 Å². The molecule has 0 heterocycles. The van der Waals surface area contributed by atoms with E-state index in [1.54, 1.807) is 0 Å². The Kier molecular flexibility index (Phi) is 4.33. The number of carbonyl (C=O) groups is 1. The molecular weight excluding hydrogens is 226 g/mol. The van der Waals surface area contributed by atoms with Gasteiger partial charge in [-0.15, -0.1) is 0 Å². The van der Waals surface area contributed by atoms with E-state index in [-0.39, 0.29) is 5.91 Å². The largest absolute Gasteiger partial charge is 0.296 e. The molecular formula is C14H21N3O. The molecule has 1 aliphatic rings. The zero-order chi connectivity index (χ0) is 13.0. The van der Waals surface area contributed by atoms with Gasteiger partial charge in [0.1, 0.15) is 0 Å². The van der Waals surface area contributed by atoms with Crippen LogP contribution in [0.4, 0.5) is 0 Å². The molecule has 0 saturated heterocycles. The summed E-state index contributed by atoms with van der Waals surface area (Å²) in [6.45, 7) is 4.34. The minimum atomic E-state index is -0.242. The molecule has 3 N–H and O–H groups in total. The molecule has 0 atom stereocenters. The first kappa shape index (κ1) is 13.1. The molecule has 0 radical (unpaired) electrons. The molecule has 4 heteroatoms. The highest BCUT2D eigenvalue weighted by Crippen LogP contribution is 2.28. The van der Waals surface area contributed by atoms with Crippen molar-refractivity contribution in [2.75, 3.05) is 6.54 Å². The van der Waals surface area contributed by atoms with Crippen molar-refractivity contribution < 1.29 is 4.79 Å². The second kappa shape index (κ2) is 5.98. The molecule has 0 spiro atoms. The Morgan fingerprint density at radius 1 is 1.39 bits per heavy atom. The summed E-state index contributed by atoms with van der Waals surface area (Å²) >= 11 is 0. The van der Waals surface area contributed by atoms with Crippen LogP contribution < -0.4 is 11.3 Å². The van der Waals surface area contributed by atoms with Crippen LogP contribution in [0, 0.1) is 0 Å². The molecule has 98 valence electrons. The summed E-state index contributed by atoms with van der Waals surface area (Å²) in [5.41, 5.74) is 4.00. The number of hydrazine groups is 1. The third-order valence-electron chi connectivity index (χ3n) is 3.31. The average Bonchev–Trinajstić information content (AvgIpc) is 3.22. The van der Waals surface area contributed by atoms with E-state index in [1.807, 2.05) is 24.3 Å². The molecule has 0 unspecified atom stereocenters. The lowest BCUT2D eigenvalue weighted by Crippen LogP contribution is -2.30. The van der Waals surface area contributed by atoms with E-state index in [0.717, 1.165) is 19.1 Å². The third kappa shape index (κ3) is 3.31. The maximum absolute atomic E-state index is 11.3. The summed E-state index contributed by atoms with van der Waals surface area (Å²) in [4.78, 5) is 13.8. The number of rotatable bonds is 6. The molecule has 1 aromatic rings. The summed E-state index contributed by atoms with van der Waals surface area (Å²) in [6.07, 6.45) is 3.84. The highest BCUT2D eigenvalue weighted by Gasteiger charge is 2.28. The van der Waals surface area contributed by atoms with Gasteiger partial charge in [0.15, 0.2) is 0 Å². The highest BCUT2D eigenvalue weighted by atomic mass is 16.2. The van der Waals surface area contributed by atoms with Crippen molar-refractivity contribution in [3.8, 4) is 0 Å². The first-order valence-electron chi connectivity index (χ1n) is 6.58. The lowest BCUT2D eigenvalue weighted by Gasteiger charge is -2.21. The Balaban J connectivity index is 1.98. The van der Waals surface area contributed by atoms with Gasteiger partial charge in [-0.2, -0.15) is 0 Å². The number of amides is 1.